The molecule has 2 heterocycles. The standard InChI is InChI=1S/C11H17N3O2/c1-2-3-6-16-11(15)14-5-4-9-7-12-13-10(9)8-14/h7H,2-6,8H2,1H3,(H,12,13). The molecule has 1 N–H and O–H groups in total. The van der Waals surface area contributed by atoms with Crippen molar-refractivity contribution < 1.29 is 9.53 Å². The van der Waals surface area contributed by atoms with E-state index >= 15 is 0 Å². The number of unbranched alkanes of at least 4 members (excludes halogenated alkanes) is 1. The van der Waals surface area contributed by atoms with E-state index in [2.05, 4.69) is 17.1 Å². The van der Waals surface area contributed by atoms with Crippen LogP contribution in [0.5, 0.6) is 0 Å². The molecule has 1 aliphatic rings. The van der Waals surface area contributed by atoms with Crippen molar-refractivity contribution in [1.29, 1.82) is 0 Å². The van der Waals surface area contributed by atoms with Gasteiger partial charge in [-0.1, -0.05) is 13.3 Å². The Hall–Kier alpha value is -1.52. The molecule has 1 aromatic heterocycles. The van der Waals surface area contributed by atoms with Gasteiger partial charge in [0.15, 0.2) is 0 Å². The van der Waals surface area contributed by atoms with Crippen molar-refractivity contribution in [3.63, 3.8) is 0 Å². The molecule has 16 heavy (non-hydrogen) atoms. The summed E-state index contributed by atoms with van der Waals surface area (Å²) in [4.78, 5) is 13.4. The molecule has 5 nitrogen and oxygen atoms in total. The Morgan fingerprint density at radius 2 is 2.56 bits per heavy atom. The molecule has 1 aliphatic heterocycles. The molecular formula is C11H17N3O2. The third-order valence-electron chi connectivity index (χ3n) is 2.79. The summed E-state index contributed by atoms with van der Waals surface area (Å²) >= 11 is 0. The summed E-state index contributed by atoms with van der Waals surface area (Å²) in [7, 11) is 0. The molecule has 0 bridgehead atoms. The first-order chi connectivity index (χ1) is 7.81. The zero-order valence-electron chi connectivity index (χ0n) is 9.53. The highest BCUT2D eigenvalue weighted by molar-refractivity contribution is 5.68. The quantitative estimate of drug-likeness (QED) is 0.793. The zero-order chi connectivity index (χ0) is 11.4. The number of hydrogen-bond acceptors (Lipinski definition) is 3. The fourth-order valence-electron chi connectivity index (χ4n) is 1.77. The molecular weight excluding hydrogens is 206 g/mol. The first-order valence-corrected chi connectivity index (χ1v) is 5.74. The van der Waals surface area contributed by atoms with Crippen LogP contribution in [-0.4, -0.2) is 34.3 Å². The zero-order valence-corrected chi connectivity index (χ0v) is 9.53. The Bertz CT molecular complexity index is 362. The lowest BCUT2D eigenvalue weighted by Gasteiger charge is -2.25. The van der Waals surface area contributed by atoms with Gasteiger partial charge in [0, 0.05) is 6.54 Å². The number of aromatic amines is 1. The Morgan fingerprint density at radius 3 is 3.38 bits per heavy atom. The van der Waals surface area contributed by atoms with E-state index in [4.69, 9.17) is 4.74 Å². The van der Waals surface area contributed by atoms with Crippen LogP contribution in [0, 0.1) is 0 Å². The number of carbonyl (C=O) groups is 1. The number of fused-ring (bicyclic) bond motifs is 1. The van der Waals surface area contributed by atoms with Crippen LogP contribution >= 0.6 is 0 Å². The van der Waals surface area contributed by atoms with Crippen LogP contribution in [0.25, 0.3) is 0 Å². The molecule has 0 radical (unpaired) electrons. The van der Waals surface area contributed by atoms with Crippen LogP contribution in [0.2, 0.25) is 0 Å². The molecule has 2 rings (SSSR count). The van der Waals surface area contributed by atoms with Crippen molar-refractivity contribution >= 4 is 6.09 Å². The first kappa shape index (κ1) is 11.0. The fraction of sp³-hybridized carbons (Fsp3) is 0.636. The van der Waals surface area contributed by atoms with Crippen molar-refractivity contribution in [2.24, 2.45) is 0 Å². The van der Waals surface area contributed by atoms with Gasteiger partial charge in [0.1, 0.15) is 0 Å². The lowest BCUT2D eigenvalue weighted by molar-refractivity contribution is 0.0961. The maximum Gasteiger partial charge on any atom is 0.410 e. The van der Waals surface area contributed by atoms with E-state index in [0.717, 1.165) is 31.5 Å². The average molecular weight is 223 g/mol. The van der Waals surface area contributed by atoms with E-state index in [1.54, 1.807) is 4.90 Å². The first-order valence-electron chi connectivity index (χ1n) is 5.74. The minimum Gasteiger partial charge on any atom is -0.449 e. The van der Waals surface area contributed by atoms with Crippen molar-refractivity contribution in [3.8, 4) is 0 Å². The molecule has 0 saturated carbocycles. The van der Waals surface area contributed by atoms with E-state index in [1.165, 1.54) is 5.56 Å². The number of amides is 1. The number of ether oxygens (including phenoxy) is 1. The third kappa shape index (κ3) is 2.35. The van der Waals surface area contributed by atoms with Gasteiger partial charge in [-0.05, 0) is 18.4 Å². The van der Waals surface area contributed by atoms with Crippen molar-refractivity contribution in [3.05, 3.63) is 17.5 Å². The summed E-state index contributed by atoms with van der Waals surface area (Å²) in [6, 6.07) is 0. The summed E-state index contributed by atoms with van der Waals surface area (Å²) in [5.41, 5.74) is 2.23. The largest absolute Gasteiger partial charge is 0.449 e. The summed E-state index contributed by atoms with van der Waals surface area (Å²) in [5, 5.41) is 6.88. The average Bonchev–Trinajstić information content (AvgIpc) is 2.76. The van der Waals surface area contributed by atoms with E-state index in [-0.39, 0.29) is 6.09 Å². The Labute approximate surface area is 94.8 Å². The molecule has 0 spiro atoms. The monoisotopic (exact) mass is 223 g/mol. The van der Waals surface area contributed by atoms with Gasteiger partial charge < -0.3 is 9.64 Å². The number of hydrogen-bond donors (Lipinski definition) is 1. The maximum atomic E-state index is 11.7. The number of H-pyrrole nitrogens is 1. The van der Waals surface area contributed by atoms with Crippen LogP contribution in [0.4, 0.5) is 4.79 Å². The fourth-order valence-corrected chi connectivity index (χ4v) is 1.77. The number of aromatic nitrogens is 2. The number of nitrogens with zero attached hydrogens (tertiary/aromatic N) is 2. The summed E-state index contributed by atoms with van der Waals surface area (Å²) in [6.45, 7) is 3.89. The molecule has 88 valence electrons. The summed E-state index contributed by atoms with van der Waals surface area (Å²) in [5.74, 6) is 0. The van der Waals surface area contributed by atoms with Gasteiger partial charge in [-0.25, -0.2) is 4.79 Å². The number of nitrogens with one attached hydrogen (secondary N) is 1. The van der Waals surface area contributed by atoms with Crippen LogP contribution in [0.3, 0.4) is 0 Å². The highest BCUT2D eigenvalue weighted by atomic mass is 16.6. The van der Waals surface area contributed by atoms with Crippen LogP contribution < -0.4 is 0 Å². The van der Waals surface area contributed by atoms with E-state index in [1.807, 2.05) is 6.20 Å². The Morgan fingerprint density at radius 1 is 1.69 bits per heavy atom. The Kier molecular flexibility index (Phi) is 3.44. The summed E-state index contributed by atoms with van der Waals surface area (Å²) in [6.07, 6.45) is 4.44. The number of rotatable bonds is 3. The summed E-state index contributed by atoms with van der Waals surface area (Å²) < 4.78 is 5.17. The molecule has 1 amide bonds. The lowest BCUT2D eigenvalue weighted by atomic mass is 10.1. The molecule has 0 unspecified atom stereocenters. The minimum absolute atomic E-state index is 0.214. The second-order valence-electron chi connectivity index (χ2n) is 4.01. The smallest absolute Gasteiger partial charge is 0.410 e. The van der Waals surface area contributed by atoms with E-state index in [0.29, 0.717) is 13.2 Å². The van der Waals surface area contributed by atoms with Gasteiger partial charge in [-0.2, -0.15) is 5.10 Å². The van der Waals surface area contributed by atoms with E-state index in [9.17, 15) is 4.79 Å². The van der Waals surface area contributed by atoms with E-state index < -0.39 is 0 Å². The highest BCUT2D eigenvalue weighted by Gasteiger charge is 2.22. The molecule has 5 heteroatoms. The molecule has 0 aromatic carbocycles. The van der Waals surface area contributed by atoms with Crippen molar-refractivity contribution in [2.75, 3.05) is 13.2 Å². The van der Waals surface area contributed by atoms with Crippen LogP contribution in [0.1, 0.15) is 31.0 Å². The van der Waals surface area contributed by atoms with Gasteiger partial charge in [0.2, 0.25) is 0 Å². The molecule has 0 fully saturated rings. The third-order valence-corrected chi connectivity index (χ3v) is 2.79. The minimum atomic E-state index is -0.214. The normalized spacial score (nSPS) is 14.7. The van der Waals surface area contributed by atoms with Gasteiger partial charge in [-0.3, -0.25) is 5.10 Å². The highest BCUT2D eigenvalue weighted by Crippen LogP contribution is 2.16. The maximum absolute atomic E-state index is 11.7. The van der Waals surface area contributed by atoms with Crippen LogP contribution in [-0.2, 0) is 17.7 Å². The number of carbonyl (C=O) groups excluding carboxylic acids is 1. The van der Waals surface area contributed by atoms with Gasteiger partial charge >= 0.3 is 6.09 Å². The van der Waals surface area contributed by atoms with Crippen molar-refractivity contribution in [2.45, 2.75) is 32.7 Å². The predicted molar refractivity (Wildman–Crippen MR) is 59.0 cm³/mol. The Balaban J connectivity index is 1.86. The topological polar surface area (TPSA) is 58.2 Å². The van der Waals surface area contributed by atoms with Gasteiger partial charge in [0.05, 0.1) is 25.0 Å². The van der Waals surface area contributed by atoms with Gasteiger partial charge in [-0.15, -0.1) is 0 Å². The van der Waals surface area contributed by atoms with Crippen molar-refractivity contribution in [1.82, 2.24) is 15.1 Å². The molecule has 1 aromatic rings. The van der Waals surface area contributed by atoms with Crippen LogP contribution in [0.15, 0.2) is 6.20 Å². The SMILES string of the molecule is CCCCOC(=O)N1CCc2cn[nH]c2C1. The predicted octanol–water partition coefficient (Wildman–Crippen LogP) is 1.70. The second kappa shape index (κ2) is 5.01. The second-order valence-corrected chi connectivity index (χ2v) is 4.01. The molecule has 0 aliphatic carbocycles. The van der Waals surface area contributed by atoms with Gasteiger partial charge in [0.25, 0.3) is 0 Å². The molecule has 0 saturated heterocycles. The lowest BCUT2D eigenvalue weighted by Crippen LogP contribution is -2.36. The molecule has 0 atom stereocenters.